The minimum Gasteiger partial charge on any atom is -0.489 e. The van der Waals surface area contributed by atoms with Crippen molar-refractivity contribution >= 4 is 12.6 Å². The van der Waals surface area contributed by atoms with Crippen molar-refractivity contribution in [1.82, 2.24) is 0 Å². The molecule has 1 atom stereocenters. The number of thiol groups is 1. The molecular formula is C15H20F2OS. The Balaban J connectivity index is 2.73. The Bertz CT molecular complexity index is 432. The molecule has 1 unspecified atom stereocenters. The predicted octanol–water partition coefficient (Wildman–Crippen LogP) is 4.75. The smallest absolute Gasteiger partial charge is 0.143 e. The Kier molecular flexibility index (Phi) is 6.92. The molecule has 106 valence electrons. The molecule has 0 fully saturated rings. The number of halogens is 2. The average Bonchev–Trinajstić information content (AvgIpc) is 2.42. The Morgan fingerprint density at radius 2 is 2.16 bits per heavy atom. The first kappa shape index (κ1) is 16.0. The number of ether oxygens (including phenoxy) is 1. The van der Waals surface area contributed by atoms with E-state index < -0.39 is 6.17 Å². The van der Waals surface area contributed by atoms with E-state index in [1.54, 1.807) is 19.1 Å². The molecule has 19 heavy (non-hydrogen) atoms. The largest absolute Gasteiger partial charge is 0.489 e. The summed E-state index contributed by atoms with van der Waals surface area (Å²) in [6, 6.07) is 3.33. The van der Waals surface area contributed by atoms with E-state index in [0.29, 0.717) is 24.2 Å². The zero-order valence-electron chi connectivity index (χ0n) is 11.3. The zero-order chi connectivity index (χ0) is 14.3. The lowest BCUT2D eigenvalue weighted by Crippen LogP contribution is -2.12. The molecule has 1 rings (SSSR count). The fraction of sp³-hybridized carbons (Fsp3) is 0.467. The normalized spacial score (nSPS) is 12.9. The van der Waals surface area contributed by atoms with E-state index in [1.807, 2.05) is 19.1 Å². The molecule has 0 spiro atoms. The molecule has 0 aliphatic heterocycles. The van der Waals surface area contributed by atoms with Gasteiger partial charge in [-0.15, -0.1) is 12.6 Å². The molecule has 0 N–H and O–H groups in total. The summed E-state index contributed by atoms with van der Waals surface area (Å²) in [5.74, 6) is -0.0797. The monoisotopic (exact) mass is 286 g/mol. The van der Waals surface area contributed by atoms with Crippen LogP contribution in [0.1, 0.15) is 32.3 Å². The summed E-state index contributed by atoms with van der Waals surface area (Å²) < 4.78 is 32.4. The number of hydrogen-bond donors (Lipinski definition) is 1. The molecule has 0 aromatic heterocycles. The maximum absolute atomic E-state index is 14.0. The van der Waals surface area contributed by atoms with Crippen LogP contribution in [0.5, 0.6) is 5.75 Å². The first-order valence-electron chi connectivity index (χ1n) is 6.48. The van der Waals surface area contributed by atoms with Crippen LogP contribution in [0.15, 0.2) is 29.2 Å². The van der Waals surface area contributed by atoms with Gasteiger partial charge in [0.15, 0.2) is 0 Å². The molecule has 0 aliphatic carbocycles. The fourth-order valence-corrected chi connectivity index (χ4v) is 1.88. The van der Waals surface area contributed by atoms with Gasteiger partial charge in [0.1, 0.15) is 24.3 Å². The Morgan fingerprint density at radius 3 is 2.79 bits per heavy atom. The number of alkyl halides is 1. The van der Waals surface area contributed by atoms with E-state index in [2.05, 4.69) is 12.6 Å². The van der Waals surface area contributed by atoms with Crippen molar-refractivity contribution in [2.24, 2.45) is 0 Å². The minimum atomic E-state index is -1.04. The second-order valence-electron chi connectivity index (χ2n) is 4.31. The van der Waals surface area contributed by atoms with Crippen LogP contribution in [0.2, 0.25) is 0 Å². The summed E-state index contributed by atoms with van der Waals surface area (Å²) in [6.07, 6.45) is 4.66. The Hall–Kier alpha value is -1.03. The summed E-state index contributed by atoms with van der Waals surface area (Å²) in [5.41, 5.74) is 0.600. The van der Waals surface area contributed by atoms with E-state index >= 15 is 0 Å². The van der Waals surface area contributed by atoms with Crippen LogP contribution in [0, 0.1) is 5.82 Å². The highest BCUT2D eigenvalue weighted by molar-refractivity contribution is 7.80. The fourth-order valence-electron chi connectivity index (χ4n) is 1.60. The van der Waals surface area contributed by atoms with Crippen molar-refractivity contribution in [2.75, 3.05) is 6.61 Å². The number of rotatable bonds is 7. The van der Waals surface area contributed by atoms with Gasteiger partial charge < -0.3 is 4.74 Å². The number of hydrogen-bond acceptors (Lipinski definition) is 2. The average molecular weight is 286 g/mol. The zero-order valence-corrected chi connectivity index (χ0v) is 12.2. The summed E-state index contributed by atoms with van der Waals surface area (Å²) in [6.45, 7) is 3.60. The lowest BCUT2D eigenvalue weighted by Gasteiger charge is -2.12. The topological polar surface area (TPSA) is 9.23 Å². The van der Waals surface area contributed by atoms with Crippen molar-refractivity contribution in [3.63, 3.8) is 0 Å². The van der Waals surface area contributed by atoms with Crippen molar-refractivity contribution in [3.8, 4) is 5.75 Å². The molecule has 0 radical (unpaired) electrons. The summed E-state index contributed by atoms with van der Waals surface area (Å²) >= 11 is 4.12. The van der Waals surface area contributed by atoms with Crippen molar-refractivity contribution in [1.29, 1.82) is 0 Å². The molecule has 1 aromatic carbocycles. The van der Waals surface area contributed by atoms with Gasteiger partial charge >= 0.3 is 0 Å². The van der Waals surface area contributed by atoms with Crippen LogP contribution in [0.3, 0.4) is 0 Å². The first-order chi connectivity index (χ1) is 9.10. The van der Waals surface area contributed by atoms with Gasteiger partial charge in [-0.2, -0.15) is 0 Å². The molecule has 0 heterocycles. The number of benzene rings is 1. The highest BCUT2D eigenvalue weighted by atomic mass is 32.1. The molecule has 1 aromatic rings. The van der Waals surface area contributed by atoms with Crippen LogP contribution in [-0.2, 0) is 6.42 Å². The summed E-state index contributed by atoms with van der Waals surface area (Å²) in [7, 11) is 0. The van der Waals surface area contributed by atoms with E-state index in [0.717, 1.165) is 6.42 Å². The van der Waals surface area contributed by atoms with Gasteiger partial charge in [0.05, 0.1) is 4.90 Å². The lowest BCUT2D eigenvalue weighted by molar-refractivity contribution is 0.188. The van der Waals surface area contributed by atoms with Gasteiger partial charge in [-0.25, -0.2) is 8.78 Å². The maximum Gasteiger partial charge on any atom is 0.143 e. The van der Waals surface area contributed by atoms with E-state index in [-0.39, 0.29) is 17.3 Å². The van der Waals surface area contributed by atoms with Crippen molar-refractivity contribution < 1.29 is 13.5 Å². The highest BCUT2D eigenvalue weighted by Gasteiger charge is 2.12. The van der Waals surface area contributed by atoms with Gasteiger partial charge in [-0.1, -0.05) is 25.1 Å². The van der Waals surface area contributed by atoms with Gasteiger partial charge in [0, 0.05) is 0 Å². The van der Waals surface area contributed by atoms with Crippen LogP contribution >= 0.6 is 12.6 Å². The third kappa shape index (κ3) is 4.86. The van der Waals surface area contributed by atoms with Gasteiger partial charge in [-0.3, -0.25) is 0 Å². The SMILES string of the molecule is C/C=C/CCc1ccc(OCC(F)CC)c(S)c1F. The highest BCUT2D eigenvalue weighted by Crippen LogP contribution is 2.29. The quantitative estimate of drug-likeness (QED) is 0.562. The van der Waals surface area contributed by atoms with E-state index in [4.69, 9.17) is 4.74 Å². The number of aryl methyl sites for hydroxylation is 1. The molecule has 0 aliphatic rings. The Morgan fingerprint density at radius 1 is 1.42 bits per heavy atom. The molecule has 0 bridgehead atoms. The molecule has 0 saturated heterocycles. The number of allylic oxidation sites excluding steroid dienone is 2. The van der Waals surface area contributed by atoms with E-state index in [9.17, 15) is 8.78 Å². The summed E-state index contributed by atoms with van der Waals surface area (Å²) in [5, 5.41) is 0. The lowest BCUT2D eigenvalue weighted by atomic mass is 10.1. The maximum atomic E-state index is 14.0. The van der Waals surface area contributed by atoms with Crippen LogP contribution in [0.4, 0.5) is 8.78 Å². The molecule has 0 amide bonds. The minimum absolute atomic E-state index is 0.0680. The van der Waals surface area contributed by atoms with Crippen LogP contribution in [0.25, 0.3) is 0 Å². The molecule has 0 saturated carbocycles. The van der Waals surface area contributed by atoms with Crippen molar-refractivity contribution in [3.05, 3.63) is 35.7 Å². The Labute approximate surface area is 119 Å². The van der Waals surface area contributed by atoms with Gasteiger partial charge in [0.2, 0.25) is 0 Å². The second-order valence-corrected chi connectivity index (χ2v) is 4.76. The summed E-state index contributed by atoms with van der Waals surface area (Å²) in [4.78, 5) is 0.154. The van der Waals surface area contributed by atoms with E-state index in [1.165, 1.54) is 0 Å². The van der Waals surface area contributed by atoms with Gasteiger partial charge in [-0.05, 0) is 37.8 Å². The first-order valence-corrected chi connectivity index (χ1v) is 6.93. The standard InChI is InChI=1S/C15H20F2OS/c1-3-5-6-7-11-8-9-13(15(19)14(11)17)18-10-12(16)4-2/h3,5,8-9,12,19H,4,6-7,10H2,1-2H3/b5-3+. The third-order valence-electron chi connectivity index (χ3n) is 2.84. The van der Waals surface area contributed by atoms with Gasteiger partial charge in [0.25, 0.3) is 0 Å². The predicted molar refractivity (Wildman–Crippen MR) is 77.5 cm³/mol. The molecule has 1 nitrogen and oxygen atoms in total. The molecule has 4 heteroatoms. The second kappa shape index (κ2) is 8.20. The van der Waals surface area contributed by atoms with Crippen LogP contribution in [-0.4, -0.2) is 12.8 Å². The van der Waals surface area contributed by atoms with Crippen LogP contribution < -0.4 is 4.74 Å². The molecular weight excluding hydrogens is 266 g/mol. The van der Waals surface area contributed by atoms with Crippen molar-refractivity contribution in [2.45, 2.75) is 44.2 Å². The third-order valence-corrected chi connectivity index (χ3v) is 3.25.